The van der Waals surface area contributed by atoms with Crippen LogP contribution in [0.15, 0.2) is 0 Å². The van der Waals surface area contributed by atoms with Crippen LogP contribution in [0, 0.1) is 0 Å². The standard InChI is InChI=1S/C18H36N4O2/c1-5-7-9-19-17(23)13-21-11-16(4)22(12-15(21)3)14-18(24)20-10-8-6-2/h15-16H,5-14H2,1-4H3,(H,19,23)(H,20,24)/t15-,16-/m1/s1. The highest BCUT2D eigenvalue weighted by Crippen LogP contribution is 2.14. The van der Waals surface area contributed by atoms with Gasteiger partial charge in [-0.05, 0) is 26.7 Å². The zero-order valence-electron chi connectivity index (χ0n) is 15.9. The molecule has 0 aromatic heterocycles. The Labute approximate surface area is 147 Å². The third-order valence-electron chi connectivity index (χ3n) is 4.64. The van der Waals surface area contributed by atoms with Crippen LogP contribution < -0.4 is 10.6 Å². The van der Waals surface area contributed by atoms with E-state index in [1.165, 1.54) is 0 Å². The highest BCUT2D eigenvalue weighted by atomic mass is 16.2. The molecule has 2 atom stereocenters. The van der Waals surface area contributed by atoms with Crippen LogP contribution in [0.3, 0.4) is 0 Å². The molecule has 1 saturated heterocycles. The first-order valence-electron chi connectivity index (χ1n) is 9.49. The second-order valence-corrected chi connectivity index (χ2v) is 6.96. The zero-order valence-corrected chi connectivity index (χ0v) is 15.9. The second-order valence-electron chi connectivity index (χ2n) is 6.96. The molecule has 0 aromatic carbocycles. The topological polar surface area (TPSA) is 64.7 Å². The maximum Gasteiger partial charge on any atom is 0.234 e. The van der Waals surface area contributed by atoms with Gasteiger partial charge in [0.25, 0.3) is 0 Å². The lowest BCUT2D eigenvalue weighted by Crippen LogP contribution is -2.59. The lowest BCUT2D eigenvalue weighted by molar-refractivity contribution is -0.127. The molecule has 24 heavy (non-hydrogen) atoms. The molecule has 2 N–H and O–H groups in total. The minimum Gasteiger partial charge on any atom is -0.355 e. The molecule has 0 aromatic rings. The Hall–Kier alpha value is -1.14. The summed E-state index contributed by atoms with van der Waals surface area (Å²) < 4.78 is 0. The summed E-state index contributed by atoms with van der Waals surface area (Å²) in [5.74, 6) is 0.210. The van der Waals surface area contributed by atoms with Gasteiger partial charge in [-0.15, -0.1) is 0 Å². The van der Waals surface area contributed by atoms with Crippen LogP contribution in [0.4, 0.5) is 0 Å². The first kappa shape index (κ1) is 20.9. The minimum absolute atomic E-state index is 0.105. The zero-order chi connectivity index (χ0) is 17.9. The summed E-state index contributed by atoms with van der Waals surface area (Å²) in [6.45, 7) is 12.6. The summed E-state index contributed by atoms with van der Waals surface area (Å²) in [7, 11) is 0. The van der Waals surface area contributed by atoms with Gasteiger partial charge in [-0.25, -0.2) is 0 Å². The van der Waals surface area contributed by atoms with Crippen molar-refractivity contribution in [2.75, 3.05) is 39.3 Å². The van der Waals surface area contributed by atoms with Crippen molar-refractivity contribution < 1.29 is 9.59 Å². The summed E-state index contributed by atoms with van der Waals surface area (Å²) >= 11 is 0. The van der Waals surface area contributed by atoms with Crippen LogP contribution in [0.5, 0.6) is 0 Å². The van der Waals surface area contributed by atoms with E-state index in [1.807, 2.05) is 0 Å². The summed E-state index contributed by atoms with van der Waals surface area (Å²) in [6.07, 6.45) is 4.23. The van der Waals surface area contributed by atoms with Gasteiger partial charge in [-0.2, -0.15) is 0 Å². The maximum absolute atomic E-state index is 12.0. The third kappa shape index (κ3) is 7.62. The lowest BCUT2D eigenvalue weighted by Gasteiger charge is -2.43. The lowest BCUT2D eigenvalue weighted by atomic mass is 10.1. The van der Waals surface area contributed by atoms with E-state index in [1.54, 1.807) is 0 Å². The summed E-state index contributed by atoms with van der Waals surface area (Å²) in [5, 5.41) is 5.96. The monoisotopic (exact) mass is 340 g/mol. The van der Waals surface area contributed by atoms with Gasteiger partial charge in [-0.1, -0.05) is 26.7 Å². The van der Waals surface area contributed by atoms with Gasteiger partial charge < -0.3 is 10.6 Å². The quantitative estimate of drug-likeness (QED) is 0.587. The van der Waals surface area contributed by atoms with Crippen molar-refractivity contribution in [1.82, 2.24) is 20.4 Å². The fourth-order valence-electron chi connectivity index (χ4n) is 3.00. The largest absolute Gasteiger partial charge is 0.355 e. The number of unbranched alkanes of at least 4 members (excludes halogenated alkanes) is 2. The molecular formula is C18H36N4O2. The van der Waals surface area contributed by atoms with Crippen molar-refractivity contribution in [1.29, 1.82) is 0 Å². The van der Waals surface area contributed by atoms with E-state index in [0.717, 1.165) is 51.9 Å². The Bertz CT molecular complexity index is 353. The highest BCUT2D eigenvalue weighted by molar-refractivity contribution is 5.78. The average molecular weight is 341 g/mol. The van der Waals surface area contributed by atoms with Gasteiger partial charge in [0, 0.05) is 38.3 Å². The predicted octanol–water partition coefficient (Wildman–Crippen LogP) is 1.21. The number of amides is 2. The van der Waals surface area contributed by atoms with E-state index in [-0.39, 0.29) is 23.9 Å². The molecule has 0 unspecified atom stereocenters. The van der Waals surface area contributed by atoms with Gasteiger partial charge in [0.1, 0.15) is 0 Å². The molecule has 1 fully saturated rings. The van der Waals surface area contributed by atoms with Crippen molar-refractivity contribution in [2.45, 2.75) is 65.5 Å². The van der Waals surface area contributed by atoms with Crippen molar-refractivity contribution in [3.63, 3.8) is 0 Å². The second kappa shape index (κ2) is 11.4. The van der Waals surface area contributed by atoms with Gasteiger partial charge in [0.2, 0.25) is 11.8 Å². The molecule has 6 nitrogen and oxygen atoms in total. The molecule has 1 rings (SSSR count). The van der Waals surface area contributed by atoms with Crippen molar-refractivity contribution in [3.05, 3.63) is 0 Å². The molecule has 0 spiro atoms. The molecule has 140 valence electrons. The smallest absolute Gasteiger partial charge is 0.234 e. The molecular weight excluding hydrogens is 304 g/mol. The molecule has 0 bridgehead atoms. The summed E-state index contributed by atoms with van der Waals surface area (Å²) in [6, 6.07) is 0.558. The number of rotatable bonds is 10. The molecule has 0 saturated carbocycles. The number of nitrogens with zero attached hydrogens (tertiary/aromatic N) is 2. The van der Waals surface area contributed by atoms with Crippen LogP contribution in [-0.4, -0.2) is 73.0 Å². The molecule has 0 aliphatic carbocycles. The van der Waals surface area contributed by atoms with E-state index in [9.17, 15) is 9.59 Å². The fraction of sp³-hybridized carbons (Fsp3) is 0.889. The van der Waals surface area contributed by atoms with Crippen LogP contribution in [0.2, 0.25) is 0 Å². The minimum atomic E-state index is 0.105. The number of piperazine rings is 1. The first-order chi connectivity index (χ1) is 11.5. The van der Waals surface area contributed by atoms with E-state index < -0.39 is 0 Å². The SMILES string of the molecule is CCCCNC(=O)CN1C[C@@H](C)N(CC(=O)NCCCC)C[C@H]1C. The predicted molar refractivity (Wildman–Crippen MR) is 97.9 cm³/mol. The fourth-order valence-corrected chi connectivity index (χ4v) is 3.00. The highest BCUT2D eigenvalue weighted by Gasteiger charge is 2.30. The van der Waals surface area contributed by atoms with Crippen molar-refractivity contribution in [3.8, 4) is 0 Å². The van der Waals surface area contributed by atoms with E-state index >= 15 is 0 Å². The van der Waals surface area contributed by atoms with Gasteiger partial charge >= 0.3 is 0 Å². The van der Waals surface area contributed by atoms with E-state index in [2.05, 4.69) is 48.1 Å². The molecule has 0 radical (unpaired) electrons. The Morgan fingerprint density at radius 1 is 0.833 bits per heavy atom. The van der Waals surface area contributed by atoms with Crippen LogP contribution >= 0.6 is 0 Å². The Kier molecular flexibility index (Phi) is 9.95. The van der Waals surface area contributed by atoms with Crippen LogP contribution in [0.25, 0.3) is 0 Å². The normalized spacial score (nSPS) is 22.3. The molecule has 1 aliphatic rings. The van der Waals surface area contributed by atoms with Crippen molar-refractivity contribution in [2.24, 2.45) is 0 Å². The number of carbonyl (C=O) groups is 2. The number of hydrogen-bond donors (Lipinski definition) is 2. The molecule has 1 aliphatic heterocycles. The average Bonchev–Trinajstić information content (AvgIpc) is 2.52. The summed E-state index contributed by atoms with van der Waals surface area (Å²) in [4.78, 5) is 28.5. The first-order valence-corrected chi connectivity index (χ1v) is 9.49. The Balaban J connectivity index is 2.37. The molecule has 6 heteroatoms. The third-order valence-corrected chi connectivity index (χ3v) is 4.64. The van der Waals surface area contributed by atoms with Crippen molar-refractivity contribution >= 4 is 11.8 Å². The number of nitrogens with one attached hydrogen (secondary N) is 2. The van der Waals surface area contributed by atoms with Crippen LogP contribution in [-0.2, 0) is 9.59 Å². The molecule has 1 heterocycles. The number of carbonyl (C=O) groups excluding carboxylic acids is 2. The molecule has 2 amide bonds. The maximum atomic E-state index is 12.0. The van der Waals surface area contributed by atoms with Crippen LogP contribution in [0.1, 0.15) is 53.4 Å². The summed E-state index contributed by atoms with van der Waals surface area (Å²) in [5.41, 5.74) is 0. The van der Waals surface area contributed by atoms with Gasteiger partial charge in [0.15, 0.2) is 0 Å². The van der Waals surface area contributed by atoms with E-state index in [0.29, 0.717) is 13.1 Å². The van der Waals surface area contributed by atoms with E-state index in [4.69, 9.17) is 0 Å². The van der Waals surface area contributed by atoms with Gasteiger partial charge in [-0.3, -0.25) is 19.4 Å². The van der Waals surface area contributed by atoms with Gasteiger partial charge in [0.05, 0.1) is 13.1 Å². The Morgan fingerprint density at radius 2 is 1.21 bits per heavy atom. The number of hydrogen-bond acceptors (Lipinski definition) is 4. The Morgan fingerprint density at radius 3 is 1.54 bits per heavy atom.